The Morgan fingerprint density at radius 3 is 2.51 bits per heavy atom. The predicted molar refractivity (Wildman–Crippen MR) is 117 cm³/mol. The number of aromatic nitrogens is 6. The van der Waals surface area contributed by atoms with E-state index < -0.39 is 33.7 Å². The van der Waals surface area contributed by atoms with Crippen LogP contribution in [-0.4, -0.2) is 43.9 Å². The molecule has 0 fully saturated rings. The number of nitrogens with one attached hydrogen (secondary N) is 1. The highest BCUT2D eigenvalue weighted by Crippen LogP contribution is 2.30. The van der Waals surface area contributed by atoms with Crippen molar-refractivity contribution in [3.05, 3.63) is 65.9 Å². The minimum atomic E-state index is -4.76. The van der Waals surface area contributed by atoms with Crippen molar-refractivity contribution in [1.82, 2.24) is 29.5 Å². The molecular formula is C20H17F3N8O3S. The van der Waals surface area contributed by atoms with Crippen LogP contribution in [0.15, 0.2) is 53.8 Å². The lowest BCUT2D eigenvalue weighted by Crippen LogP contribution is -2.17. The molecule has 0 bridgehead atoms. The number of aryl methyl sites for hydroxylation is 2. The molecule has 11 nitrogen and oxygen atoms in total. The highest BCUT2D eigenvalue weighted by atomic mass is 32.2. The van der Waals surface area contributed by atoms with Gasteiger partial charge in [-0.1, -0.05) is 6.07 Å². The highest BCUT2D eigenvalue weighted by Gasteiger charge is 2.34. The maximum absolute atomic E-state index is 13.5. The van der Waals surface area contributed by atoms with Gasteiger partial charge in [-0.25, -0.2) is 28.2 Å². The molecule has 0 saturated carbocycles. The van der Waals surface area contributed by atoms with Crippen LogP contribution in [0.1, 0.15) is 21.7 Å². The molecular weight excluding hydrogens is 489 g/mol. The lowest BCUT2D eigenvalue weighted by Gasteiger charge is -2.10. The van der Waals surface area contributed by atoms with E-state index in [1.54, 1.807) is 14.0 Å². The van der Waals surface area contributed by atoms with Gasteiger partial charge in [0.25, 0.3) is 11.9 Å². The number of alkyl halides is 3. The van der Waals surface area contributed by atoms with Gasteiger partial charge in [0, 0.05) is 30.7 Å². The van der Waals surface area contributed by atoms with Gasteiger partial charge in [0.15, 0.2) is 11.4 Å². The minimum Gasteiger partial charge on any atom is -0.320 e. The van der Waals surface area contributed by atoms with Crippen LogP contribution in [0.5, 0.6) is 0 Å². The predicted octanol–water partition coefficient (Wildman–Crippen LogP) is 2.29. The largest absolute Gasteiger partial charge is 0.433 e. The summed E-state index contributed by atoms with van der Waals surface area (Å²) in [5.41, 5.74) is -0.352. The maximum Gasteiger partial charge on any atom is 0.433 e. The fraction of sp³-hybridized carbons (Fsp3) is 0.150. The van der Waals surface area contributed by atoms with Gasteiger partial charge in [0.1, 0.15) is 0 Å². The molecule has 1 aromatic carbocycles. The number of hydrogen-bond acceptors (Lipinski definition) is 7. The first-order valence-corrected chi connectivity index (χ1v) is 11.3. The van der Waals surface area contributed by atoms with Gasteiger partial charge in [-0.2, -0.15) is 23.4 Å². The van der Waals surface area contributed by atoms with Crippen LogP contribution >= 0.6 is 0 Å². The number of halogens is 3. The van der Waals surface area contributed by atoms with E-state index in [1.165, 1.54) is 47.5 Å². The number of hydrogen-bond donors (Lipinski definition) is 2. The number of benzene rings is 1. The van der Waals surface area contributed by atoms with Gasteiger partial charge in [0.2, 0.25) is 10.0 Å². The van der Waals surface area contributed by atoms with E-state index in [-0.39, 0.29) is 22.0 Å². The fourth-order valence-electron chi connectivity index (χ4n) is 3.04. The zero-order chi connectivity index (χ0) is 25.5. The van der Waals surface area contributed by atoms with Gasteiger partial charge in [0.05, 0.1) is 16.8 Å². The maximum atomic E-state index is 13.5. The number of anilines is 1. The van der Waals surface area contributed by atoms with Crippen molar-refractivity contribution in [2.24, 2.45) is 12.2 Å². The Kier molecular flexibility index (Phi) is 5.90. The second-order valence-corrected chi connectivity index (χ2v) is 9.02. The lowest BCUT2D eigenvalue weighted by atomic mass is 10.2. The molecule has 4 aromatic rings. The Bertz CT molecular complexity index is 1540. The average Bonchev–Trinajstić information content (AvgIpc) is 3.43. The van der Waals surface area contributed by atoms with E-state index in [1.807, 2.05) is 0 Å². The van der Waals surface area contributed by atoms with Crippen molar-refractivity contribution in [1.29, 1.82) is 0 Å². The number of primary sulfonamides is 1. The van der Waals surface area contributed by atoms with Gasteiger partial charge in [-0.05, 0) is 36.8 Å². The number of carbonyl (C=O) groups excluding carboxylic acids is 1. The SMILES string of the molecule is Cc1ccc(S(N)(=O)=O)cc1NC(=O)c1ccn(-c2nc(-c3cnn(C)c3)cc(C(F)(F)F)n2)n1. The summed E-state index contributed by atoms with van der Waals surface area (Å²) in [5, 5.41) is 15.6. The van der Waals surface area contributed by atoms with Gasteiger partial charge in [-0.15, -0.1) is 0 Å². The van der Waals surface area contributed by atoms with Crippen LogP contribution in [-0.2, 0) is 23.2 Å². The van der Waals surface area contributed by atoms with E-state index in [0.29, 0.717) is 11.1 Å². The molecule has 0 aliphatic rings. The third kappa shape index (κ3) is 5.20. The van der Waals surface area contributed by atoms with Crippen LogP contribution in [0.2, 0.25) is 0 Å². The summed E-state index contributed by atoms with van der Waals surface area (Å²) >= 11 is 0. The second kappa shape index (κ2) is 8.59. The molecule has 35 heavy (non-hydrogen) atoms. The first-order valence-electron chi connectivity index (χ1n) is 9.77. The van der Waals surface area contributed by atoms with Crippen molar-refractivity contribution in [2.45, 2.75) is 18.0 Å². The smallest absolute Gasteiger partial charge is 0.320 e. The van der Waals surface area contributed by atoms with Crippen molar-refractivity contribution in [2.75, 3.05) is 5.32 Å². The molecule has 1 amide bonds. The molecule has 0 aliphatic heterocycles. The molecule has 0 unspecified atom stereocenters. The van der Waals surface area contributed by atoms with E-state index in [4.69, 9.17) is 5.14 Å². The van der Waals surface area contributed by atoms with E-state index in [2.05, 4.69) is 25.5 Å². The van der Waals surface area contributed by atoms with Crippen molar-refractivity contribution in [3.63, 3.8) is 0 Å². The molecule has 0 radical (unpaired) electrons. The summed E-state index contributed by atoms with van der Waals surface area (Å²) in [6.45, 7) is 1.64. The van der Waals surface area contributed by atoms with E-state index in [9.17, 15) is 26.4 Å². The third-order valence-electron chi connectivity index (χ3n) is 4.82. The normalized spacial score (nSPS) is 12.1. The quantitative estimate of drug-likeness (QED) is 0.421. The van der Waals surface area contributed by atoms with Crippen molar-refractivity contribution < 1.29 is 26.4 Å². The third-order valence-corrected chi connectivity index (χ3v) is 5.73. The summed E-state index contributed by atoms with van der Waals surface area (Å²) in [7, 11) is -2.40. The Morgan fingerprint density at radius 2 is 1.89 bits per heavy atom. The number of nitrogens with zero attached hydrogens (tertiary/aromatic N) is 6. The number of rotatable bonds is 5. The molecule has 0 spiro atoms. The number of nitrogens with two attached hydrogens (primary N) is 1. The Balaban J connectivity index is 1.67. The summed E-state index contributed by atoms with van der Waals surface area (Å²) in [6.07, 6.45) is -0.683. The van der Waals surface area contributed by atoms with Crippen molar-refractivity contribution in [3.8, 4) is 17.2 Å². The van der Waals surface area contributed by atoms with Crippen LogP contribution in [0.4, 0.5) is 18.9 Å². The summed E-state index contributed by atoms with van der Waals surface area (Å²) in [5.74, 6) is -1.15. The summed E-state index contributed by atoms with van der Waals surface area (Å²) < 4.78 is 65.9. The number of sulfonamides is 1. The molecule has 15 heteroatoms. The molecule has 0 atom stereocenters. The van der Waals surface area contributed by atoms with Crippen LogP contribution < -0.4 is 10.5 Å². The highest BCUT2D eigenvalue weighted by molar-refractivity contribution is 7.89. The zero-order valence-electron chi connectivity index (χ0n) is 18.1. The molecule has 182 valence electrons. The molecule has 3 N–H and O–H groups in total. The topological polar surface area (TPSA) is 151 Å². The Morgan fingerprint density at radius 1 is 1.14 bits per heavy atom. The van der Waals surface area contributed by atoms with Crippen LogP contribution in [0.3, 0.4) is 0 Å². The van der Waals surface area contributed by atoms with Crippen LogP contribution in [0, 0.1) is 6.92 Å². The van der Waals surface area contributed by atoms with Crippen molar-refractivity contribution >= 4 is 21.6 Å². The Labute approximate surface area is 196 Å². The minimum absolute atomic E-state index is 0.0349. The van der Waals surface area contributed by atoms with Crippen LogP contribution in [0.25, 0.3) is 17.2 Å². The second-order valence-electron chi connectivity index (χ2n) is 7.46. The van der Waals surface area contributed by atoms with Gasteiger partial charge >= 0.3 is 6.18 Å². The monoisotopic (exact) mass is 506 g/mol. The van der Waals surface area contributed by atoms with E-state index in [0.717, 1.165) is 10.7 Å². The first-order chi connectivity index (χ1) is 16.3. The molecule has 4 rings (SSSR count). The number of amides is 1. The fourth-order valence-corrected chi connectivity index (χ4v) is 3.58. The first kappa shape index (κ1) is 24.0. The standard InChI is InChI=1S/C20H17F3N8O3S/c1-11-3-4-13(35(24,33)34)7-15(11)26-18(32)14-5-6-31(29-14)19-27-16(12-9-25-30(2)10-12)8-17(28-19)20(21,22)23/h3-10H,1-2H3,(H,26,32)(H2,24,33,34). The molecule has 3 heterocycles. The Hall–Kier alpha value is -4.11. The summed E-state index contributed by atoms with van der Waals surface area (Å²) in [6, 6.07) is 5.99. The summed E-state index contributed by atoms with van der Waals surface area (Å²) in [4.78, 5) is 20.2. The van der Waals surface area contributed by atoms with E-state index >= 15 is 0 Å². The molecule has 3 aromatic heterocycles. The average molecular weight is 506 g/mol. The zero-order valence-corrected chi connectivity index (χ0v) is 19.0. The lowest BCUT2D eigenvalue weighted by molar-refractivity contribution is -0.141. The molecule has 0 saturated heterocycles. The van der Waals surface area contributed by atoms with Gasteiger partial charge in [-0.3, -0.25) is 9.48 Å². The number of carbonyl (C=O) groups is 1. The molecule has 0 aliphatic carbocycles. The van der Waals surface area contributed by atoms with Gasteiger partial charge < -0.3 is 5.32 Å².